The molecule has 0 unspecified atom stereocenters. The Morgan fingerprint density at radius 1 is 1.19 bits per heavy atom. The first-order valence-corrected chi connectivity index (χ1v) is 7.22. The molecule has 0 radical (unpaired) electrons. The van der Waals surface area contributed by atoms with Crippen LogP contribution in [0.3, 0.4) is 0 Å². The molecule has 0 atom stereocenters. The van der Waals surface area contributed by atoms with Crippen LogP contribution in [0.1, 0.15) is 5.82 Å². The minimum Gasteiger partial charge on any atom is -0.497 e. The minimum absolute atomic E-state index is 0.211. The van der Waals surface area contributed by atoms with Crippen LogP contribution in [0.2, 0.25) is 0 Å². The molecule has 0 aliphatic carbocycles. The van der Waals surface area contributed by atoms with Crippen LogP contribution in [0.5, 0.6) is 5.75 Å². The van der Waals surface area contributed by atoms with Gasteiger partial charge in [0.25, 0.3) is 0 Å². The highest BCUT2D eigenvalue weighted by Gasteiger charge is 2.08. The van der Waals surface area contributed by atoms with E-state index in [9.17, 15) is 0 Å². The van der Waals surface area contributed by atoms with Gasteiger partial charge in [-0.2, -0.15) is 15.0 Å². The van der Waals surface area contributed by atoms with E-state index in [1.54, 1.807) is 12.0 Å². The Kier molecular flexibility index (Phi) is 4.69. The first-order chi connectivity index (χ1) is 9.99. The molecule has 0 bridgehead atoms. The average Bonchev–Trinajstić information content (AvgIpc) is 2.46. The number of nitrogens with two attached hydrogens (primary N) is 2. The predicted molar refractivity (Wildman–Crippen MR) is 85.5 cm³/mol. The lowest BCUT2D eigenvalue weighted by molar-refractivity contribution is 0.414. The van der Waals surface area contributed by atoms with Gasteiger partial charge in [-0.3, -0.25) is 0 Å². The number of benzene rings is 1. The van der Waals surface area contributed by atoms with Crippen LogP contribution in [0.25, 0.3) is 0 Å². The minimum atomic E-state index is 0.211. The molecule has 0 saturated heterocycles. The number of aromatic nitrogens is 3. The standard InChI is InChI=1S/C13H18N6OS/c1-19(2)13-17-11(16-12(15)18-13)7-21-10-6-8(20-3)4-5-9(10)14/h4-6H,7,14H2,1-3H3,(H2,15,16,17,18). The molecule has 1 aromatic heterocycles. The van der Waals surface area contributed by atoms with E-state index in [1.165, 1.54) is 11.8 Å². The maximum atomic E-state index is 5.95. The Balaban J connectivity index is 2.16. The second-order valence-electron chi connectivity index (χ2n) is 4.50. The van der Waals surface area contributed by atoms with Crippen molar-refractivity contribution < 1.29 is 4.74 Å². The first kappa shape index (κ1) is 15.2. The fourth-order valence-corrected chi connectivity index (χ4v) is 2.45. The number of thioether (sulfide) groups is 1. The van der Waals surface area contributed by atoms with E-state index in [4.69, 9.17) is 16.2 Å². The molecule has 2 rings (SSSR count). The third-order valence-electron chi connectivity index (χ3n) is 2.66. The van der Waals surface area contributed by atoms with Crippen molar-refractivity contribution in [3.8, 4) is 5.75 Å². The lowest BCUT2D eigenvalue weighted by atomic mass is 10.3. The smallest absolute Gasteiger partial charge is 0.229 e. The molecule has 2 aromatic rings. The summed E-state index contributed by atoms with van der Waals surface area (Å²) in [5, 5.41) is 0. The number of rotatable bonds is 5. The third-order valence-corrected chi connectivity index (χ3v) is 3.73. The largest absolute Gasteiger partial charge is 0.497 e. The summed E-state index contributed by atoms with van der Waals surface area (Å²) in [7, 11) is 5.33. The molecule has 7 nitrogen and oxygen atoms in total. The molecule has 0 saturated carbocycles. The van der Waals surface area contributed by atoms with Crippen molar-refractivity contribution in [1.82, 2.24) is 15.0 Å². The fourth-order valence-electron chi connectivity index (χ4n) is 1.60. The van der Waals surface area contributed by atoms with Gasteiger partial charge in [0.1, 0.15) is 11.6 Å². The van der Waals surface area contributed by atoms with Gasteiger partial charge in [-0.25, -0.2) is 0 Å². The van der Waals surface area contributed by atoms with Gasteiger partial charge in [0.05, 0.1) is 12.9 Å². The van der Waals surface area contributed by atoms with Gasteiger partial charge in [-0.1, -0.05) is 0 Å². The molecule has 0 amide bonds. The Bertz CT molecular complexity index is 634. The molecular formula is C13H18N6OS. The summed E-state index contributed by atoms with van der Waals surface area (Å²) < 4.78 is 5.19. The molecule has 0 aliphatic heterocycles. The SMILES string of the molecule is COc1ccc(N)c(SCc2nc(N)nc(N(C)C)n2)c1. The van der Waals surface area contributed by atoms with Crippen molar-refractivity contribution in [3.63, 3.8) is 0 Å². The Hall–Kier alpha value is -2.22. The molecular weight excluding hydrogens is 288 g/mol. The van der Waals surface area contributed by atoms with E-state index in [2.05, 4.69) is 15.0 Å². The molecule has 8 heteroatoms. The number of nitrogens with zero attached hydrogens (tertiary/aromatic N) is 4. The number of ether oxygens (including phenoxy) is 1. The summed E-state index contributed by atoms with van der Waals surface area (Å²) in [5.41, 5.74) is 12.3. The predicted octanol–water partition coefficient (Wildman–Crippen LogP) is 1.40. The molecule has 21 heavy (non-hydrogen) atoms. The Morgan fingerprint density at radius 2 is 1.95 bits per heavy atom. The second kappa shape index (κ2) is 6.49. The number of methoxy groups -OCH3 is 1. The van der Waals surface area contributed by atoms with Gasteiger partial charge in [-0.15, -0.1) is 11.8 Å². The lowest BCUT2D eigenvalue weighted by Crippen LogP contribution is -2.15. The van der Waals surface area contributed by atoms with Gasteiger partial charge in [-0.05, 0) is 18.2 Å². The summed E-state index contributed by atoms with van der Waals surface area (Å²) in [6.45, 7) is 0. The number of hydrogen-bond donors (Lipinski definition) is 2. The summed E-state index contributed by atoms with van der Waals surface area (Å²) >= 11 is 1.53. The highest BCUT2D eigenvalue weighted by atomic mass is 32.2. The number of hydrogen-bond acceptors (Lipinski definition) is 8. The molecule has 4 N–H and O–H groups in total. The zero-order valence-corrected chi connectivity index (χ0v) is 13.0. The van der Waals surface area contributed by atoms with Crippen LogP contribution in [0.15, 0.2) is 23.1 Å². The van der Waals surface area contributed by atoms with Crippen molar-refractivity contribution in [2.45, 2.75) is 10.6 Å². The van der Waals surface area contributed by atoms with Crippen LogP contribution in [0, 0.1) is 0 Å². The van der Waals surface area contributed by atoms with Crippen molar-refractivity contribution in [1.29, 1.82) is 0 Å². The fraction of sp³-hybridized carbons (Fsp3) is 0.308. The Labute approximate surface area is 127 Å². The van der Waals surface area contributed by atoms with Crippen LogP contribution in [-0.4, -0.2) is 36.2 Å². The van der Waals surface area contributed by atoms with Crippen molar-refractivity contribution in [2.75, 3.05) is 37.6 Å². The van der Waals surface area contributed by atoms with Crippen LogP contribution in [-0.2, 0) is 5.75 Å². The summed E-state index contributed by atoms with van der Waals surface area (Å²) in [6, 6.07) is 5.52. The van der Waals surface area contributed by atoms with Crippen LogP contribution in [0.4, 0.5) is 17.6 Å². The second-order valence-corrected chi connectivity index (χ2v) is 5.51. The third kappa shape index (κ3) is 3.88. The summed E-state index contributed by atoms with van der Waals surface area (Å²) in [5.74, 6) is 2.67. The highest BCUT2D eigenvalue weighted by Crippen LogP contribution is 2.31. The lowest BCUT2D eigenvalue weighted by Gasteiger charge is -2.12. The monoisotopic (exact) mass is 306 g/mol. The molecule has 1 aromatic carbocycles. The number of nitrogen functional groups attached to an aromatic ring is 2. The molecule has 0 spiro atoms. The van der Waals surface area contributed by atoms with Gasteiger partial charge < -0.3 is 21.1 Å². The number of anilines is 3. The summed E-state index contributed by atoms with van der Waals surface area (Å²) in [4.78, 5) is 15.3. The molecule has 1 heterocycles. The van der Waals surface area contributed by atoms with Crippen molar-refractivity contribution in [3.05, 3.63) is 24.0 Å². The van der Waals surface area contributed by atoms with E-state index >= 15 is 0 Å². The maximum Gasteiger partial charge on any atom is 0.229 e. The van der Waals surface area contributed by atoms with Crippen molar-refractivity contribution in [2.24, 2.45) is 0 Å². The zero-order valence-electron chi connectivity index (χ0n) is 12.2. The topological polar surface area (TPSA) is 103 Å². The zero-order chi connectivity index (χ0) is 15.4. The van der Waals surface area contributed by atoms with Crippen LogP contribution < -0.4 is 21.1 Å². The van der Waals surface area contributed by atoms with E-state index < -0.39 is 0 Å². The Morgan fingerprint density at radius 3 is 2.62 bits per heavy atom. The first-order valence-electron chi connectivity index (χ1n) is 6.23. The molecule has 112 valence electrons. The molecule has 0 aliphatic rings. The van der Waals surface area contributed by atoms with E-state index in [0.29, 0.717) is 23.2 Å². The van der Waals surface area contributed by atoms with E-state index in [-0.39, 0.29) is 5.95 Å². The quantitative estimate of drug-likeness (QED) is 0.631. The van der Waals surface area contributed by atoms with Gasteiger partial charge in [0.2, 0.25) is 11.9 Å². The van der Waals surface area contributed by atoms with Gasteiger partial charge in [0, 0.05) is 24.7 Å². The van der Waals surface area contributed by atoms with Gasteiger partial charge >= 0.3 is 0 Å². The maximum absolute atomic E-state index is 5.95. The highest BCUT2D eigenvalue weighted by molar-refractivity contribution is 7.98. The van der Waals surface area contributed by atoms with E-state index in [0.717, 1.165) is 10.6 Å². The van der Waals surface area contributed by atoms with Gasteiger partial charge in [0.15, 0.2) is 0 Å². The normalized spacial score (nSPS) is 10.4. The van der Waals surface area contributed by atoms with Crippen molar-refractivity contribution >= 4 is 29.3 Å². The van der Waals surface area contributed by atoms with E-state index in [1.807, 2.05) is 32.3 Å². The van der Waals surface area contributed by atoms with Crippen LogP contribution >= 0.6 is 11.8 Å². The molecule has 0 fully saturated rings. The average molecular weight is 306 g/mol. The summed E-state index contributed by atoms with van der Waals surface area (Å²) in [6.07, 6.45) is 0.